The Morgan fingerprint density at radius 1 is 0.941 bits per heavy atom. The molecule has 0 spiro atoms. The summed E-state index contributed by atoms with van der Waals surface area (Å²) in [6.07, 6.45) is 4.98. The lowest BCUT2D eigenvalue weighted by Crippen LogP contribution is -2.60. The Balaban J connectivity index is 2.06. The summed E-state index contributed by atoms with van der Waals surface area (Å²) in [6.45, 7) is 10.7. The fourth-order valence-corrected chi connectivity index (χ4v) is 5.98. The minimum Gasteiger partial charge on any atom is -0.392 e. The number of allylic oxidation sites excluding steroid dienone is 2. The lowest BCUT2D eigenvalue weighted by Gasteiger charge is -2.44. The van der Waals surface area contributed by atoms with E-state index < -0.39 is 12.4 Å². The van der Waals surface area contributed by atoms with Gasteiger partial charge >= 0.3 is 0 Å². The van der Waals surface area contributed by atoms with Crippen LogP contribution in [-0.4, -0.2) is 83.6 Å². The number of rotatable bonds is 13. The minimum absolute atomic E-state index is 0.0399. The summed E-state index contributed by atoms with van der Waals surface area (Å²) in [5.41, 5.74) is 0.987. The van der Waals surface area contributed by atoms with E-state index in [1.165, 1.54) is 0 Å². The molecule has 1 saturated carbocycles. The third kappa shape index (κ3) is 6.30. The Morgan fingerprint density at radius 3 is 2.06 bits per heavy atom. The quantitative estimate of drug-likeness (QED) is 0.398. The average Bonchev–Trinajstić information content (AvgIpc) is 3.52. The van der Waals surface area contributed by atoms with Crippen molar-refractivity contribution in [2.75, 3.05) is 35.5 Å². The van der Waals surface area contributed by atoms with Gasteiger partial charge in [-0.15, -0.1) is 0 Å². The van der Waals surface area contributed by atoms with Crippen molar-refractivity contribution in [1.29, 1.82) is 0 Å². The summed E-state index contributed by atoms with van der Waals surface area (Å²) in [5, 5.41) is 11.1. The van der Waals surface area contributed by atoms with Crippen molar-refractivity contribution in [1.82, 2.24) is 0 Å². The molecule has 0 aromatic heterocycles. The van der Waals surface area contributed by atoms with Gasteiger partial charge in [0.05, 0.1) is 12.2 Å². The van der Waals surface area contributed by atoms with Crippen molar-refractivity contribution in [3.8, 4) is 0 Å². The van der Waals surface area contributed by atoms with Crippen LogP contribution in [0.1, 0.15) is 41.0 Å². The topological polar surface area (TPSA) is 75.6 Å². The second kappa shape index (κ2) is 13.5. The van der Waals surface area contributed by atoms with Crippen LogP contribution in [0.2, 0.25) is 0 Å². The Labute approximate surface area is 206 Å². The van der Waals surface area contributed by atoms with Crippen LogP contribution in [0.15, 0.2) is 23.8 Å². The van der Waals surface area contributed by atoms with Gasteiger partial charge in [-0.05, 0) is 42.6 Å². The summed E-state index contributed by atoms with van der Waals surface area (Å²) in [4.78, 5) is 0. The average molecular weight is 485 g/mol. The van der Waals surface area contributed by atoms with Gasteiger partial charge in [0.2, 0.25) is 0 Å². The Kier molecular flexibility index (Phi) is 11.7. The van der Waals surface area contributed by atoms with Gasteiger partial charge in [-0.1, -0.05) is 45.9 Å². The second-order valence-corrected chi connectivity index (χ2v) is 9.96. The van der Waals surface area contributed by atoms with E-state index in [1.807, 2.05) is 19.1 Å². The molecule has 2 aliphatic rings. The first-order valence-electron chi connectivity index (χ1n) is 12.5. The highest BCUT2D eigenvalue weighted by atomic mass is 16.7. The number of hydrogen-bond donors (Lipinski definition) is 1. The number of aliphatic hydroxyl groups excluding tert-OH is 1. The Hall–Kier alpha value is -0.800. The van der Waals surface area contributed by atoms with E-state index in [0.717, 1.165) is 12.0 Å². The van der Waals surface area contributed by atoms with E-state index >= 15 is 0 Å². The molecule has 34 heavy (non-hydrogen) atoms. The van der Waals surface area contributed by atoms with Crippen molar-refractivity contribution in [2.24, 2.45) is 29.6 Å². The SMILES string of the molecule is CC[C@H](OC)[C@@H](C)[C@@H]1[C@@H](C)[C@H]1[C@H](O)[C@H](C)/C=C/C=C(\C)[C@H]1O[C@H](OC)[C@H](OC)[C@@H](OC)[C@@H]1OC. The number of aliphatic hydroxyl groups is 1. The maximum atomic E-state index is 11.1. The van der Waals surface area contributed by atoms with Crippen LogP contribution in [0.5, 0.6) is 0 Å². The summed E-state index contributed by atoms with van der Waals surface area (Å²) in [7, 11) is 8.28. The highest BCUT2D eigenvalue weighted by molar-refractivity contribution is 5.19. The fourth-order valence-electron chi connectivity index (χ4n) is 5.98. The van der Waals surface area contributed by atoms with Crippen molar-refractivity contribution >= 4 is 0 Å². The highest BCUT2D eigenvalue weighted by Crippen LogP contribution is 2.55. The maximum Gasteiger partial charge on any atom is 0.186 e. The predicted octanol–water partition coefficient (Wildman–Crippen LogP) is 3.85. The van der Waals surface area contributed by atoms with E-state index in [4.69, 9.17) is 28.4 Å². The predicted molar refractivity (Wildman–Crippen MR) is 133 cm³/mol. The number of ether oxygens (including phenoxy) is 6. The molecule has 0 aromatic carbocycles. The minimum atomic E-state index is -0.561. The molecule has 1 heterocycles. The molecule has 1 aliphatic heterocycles. The maximum absolute atomic E-state index is 11.1. The first-order chi connectivity index (χ1) is 16.2. The zero-order chi connectivity index (χ0) is 25.6. The molecule has 1 aliphatic carbocycles. The molecule has 7 heteroatoms. The van der Waals surface area contributed by atoms with Gasteiger partial charge in [-0.25, -0.2) is 0 Å². The van der Waals surface area contributed by atoms with E-state index in [1.54, 1.807) is 35.5 Å². The number of methoxy groups -OCH3 is 5. The van der Waals surface area contributed by atoms with Crippen molar-refractivity contribution in [3.63, 3.8) is 0 Å². The van der Waals surface area contributed by atoms with E-state index in [2.05, 4.69) is 33.8 Å². The van der Waals surface area contributed by atoms with Crippen molar-refractivity contribution < 1.29 is 33.5 Å². The molecule has 12 atom stereocenters. The Morgan fingerprint density at radius 2 is 1.56 bits per heavy atom. The van der Waals surface area contributed by atoms with E-state index in [9.17, 15) is 5.11 Å². The molecule has 0 aromatic rings. The van der Waals surface area contributed by atoms with Gasteiger partial charge in [0, 0.05) is 41.5 Å². The van der Waals surface area contributed by atoms with Crippen LogP contribution < -0.4 is 0 Å². The van der Waals surface area contributed by atoms with Gasteiger partial charge in [0.15, 0.2) is 6.29 Å². The molecule has 0 unspecified atom stereocenters. The molecule has 1 saturated heterocycles. The van der Waals surface area contributed by atoms with Crippen molar-refractivity contribution in [3.05, 3.63) is 23.8 Å². The molecule has 2 rings (SSSR count). The summed E-state index contributed by atoms with van der Waals surface area (Å²) in [5.74, 6) is 1.79. The Bertz CT molecular complexity index is 661. The molecular formula is C27H48O7. The normalized spacial score (nSPS) is 38.0. The molecular weight excluding hydrogens is 436 g/mol. The highest BCUT2D eigenvalue weighted by Gasteiger charge is 2.55. The van der Waals surface area contributed by atoms with Crippen LogP contribution in [-0.2, 0) is 28.4 Å². The van der Waals surface area contributed by atoms with E-state index in [0.29, 0.717) is 23.7 Å². The van der Waals surface area contributed by atoms with Gasteiger partial charge in [-0.3, -0.25) is 0 Å². The second-order valence-electron chi connectivity index (χ2n) is 9.96. The van der Waals surface area contributed by atoms with Gasteiger partial charge < -0.3 is 33.5 Å². The van der Waals surface area contributed by atoms with Crippen LogP contribution in [0.25, 0.3) is 0 Å². The summed E-state index contributed by atoms with van der Waals surface area (Å²) >= 11 is 0. The van der Waals surface area contributed by atoms with Crippen LogP contribution in [0, 0.1) is 29.6 Å². The zero-order valence-corrected chi connectivity index (χ0v) is 22.8. The van der Waals surface area contributed by atoms with Crippen LogP contribution in [0.4, 0.5) is 0 Å². The molecule has 0 bridgehead atoms. The molecule has 0 amide bonds. The lowest BCUT2D eigenvalue weighted by molar-refractivity contribution is -0.295. The summed E-state index contributed by atoms with van der Waals surface area (Å²) in [6, 6.07) is 0. The first-order valence-corrected chi connectivity index (χ1v) is 12.5. The van der Waals surface area contributed by atoms with Gasteiger partial charge in [0.25, 0.3) is 0 Å². The molecule has 198 valence electrons. The standard InChI is InChI=1S/C27H48O7/c1-11-19(29-6)17(4)20-18(5)21(20)22(28)15(2)13-12-14-16(3)23-24(30-7)25(31-8)26(32-9)27(33-10)34-23/h12-15,17-28H,11H2,1-10H3/b13-12+,16-14+/t15-,17-,18-,19+,20-,21-,22-,23-,24-,25+,26-,27+/m1/s1. The van der Waals surface area contributed by atoms with Crippen LogP contribution >= 0.6 is 0 Å². The molecule has 2 fully saturated rings. The van der Waals surface area contributed by atoms with Gasteiger partial charge in [0.1, 0.15) is 24.4 Å². The smallest absolute Gasteiger partial charge is 0.186 e. The lowest BCUT2D eigenvalue weighted by atomic mass is 9.91. The monoisotopic (exact) mass is 484 g/mol. The largest absolute Gasteiger partial charge is 0.392 e. The fraction of sp³-hybridized carbons (Fsp3) is 0.852. The molecule has 7 nitrogen and oxygen atoms in total. The van der Waals surface area contributed by atoms with E-state index in [-0.39, 0.29) is 36.4 Å². The summed E-state index contributed by atoms with van der Waals surface area (Å²) < 4.78 is 34.3. The van der Waals surface area contributed by atoms with Crippen molar-refractivity contribution in [2.45, 2.75) is 84.0 Å². The zero-order valence-electron chi connectivity index (χ0n) is 22.8. The molecule has 1 N–H and O–H groups in total. The third-order valence-electron chi connectivity index (χ3n) is 8.12. The third-order valence-corrected chi connectivity index (χ3v) is 8.12. The molecule has 0 radical (unpaired) electrons. The first kappa shape index (κ1) is 29.4. The van der Waals surface area contributed by atoms with Gasteiger partial charge in [-0.2, -0.15) is 0 Å². The number of hydrogen-bond acceptors (Lipinski definition) is 7. The van der Waals surface area contributed by atoms with Crippen LogP contribution in [0.3, 0.4) is 0 Å².